The van der Waals surface area contributed by atoms with Gasteiger partial charge in [0.1, 0.15) is 29.7 Å². The predicted molar refractivity (Wildman–Crippen MR) is 135 cm³/mol. The summed E-state index contributed by atoms with van der Waals surface area (Å²) in [5.74, 6) is -5.74. The van der Waals surface area contributed by atoms with Crippen molar-refractivity contribution >= 4 is 39.2 Å². The van der Waals surface area contributed by atoms with Crippen LogP contribution in [0, 0.1) is 5.82 Å². The number of nitrogens with zero attached hydrogens (tertiary/aromatic N) is 2. The van der Waals surface area contributed by atoms with Gasteiger partial charge in [-0.25, -0.2) is 27.7 Å². The number of carbonyl (C=O) groups excluding carboxylic acids is 1. The van der Waals surface area contributed by atoms with Gasteiger partial charge >= 0.3 is 11.9 Å². The number of halogens is 4. The maximum atomic E-state index is 14.9. The smallest absolute Gasteiger partial charge is 0.337 e. The van der Waals surface area contributed by atoms with Gasteiger partial charge in [-0.1, -0.05) is 22.0 Å². The van der Waals surface area contributed by atoms with Gasteiger partial charge in [0.15, 0.2) is 0 Å². The Morgan fingerprint density at radius 1 is 1.37 bits per heavy atom. The van der Waals surface area contributed by atoms with Crippen LogP contribution in [0.15, 0.2) is 45.5 Å². The van der Waals surface area contributed by atoms with Gasteiger partial charge in [0.2, 0.25) is 0 Å². The van der Waals surface area contributed by atoms with Crippen LogP contribution < -0.4 is 10.6 Å². The van der Waals surface area contributed by atoms with Crippen LogP contribution in [-0.4, -0.2) is 71.8 Å². The molecule has 0 aliphatic carbocycles. The molecule has 3 atom stereocenters. The topological polar surface area (TPSA) is 113 Å². The number of carbonyl (C=O) groups is 2. The molecule has 1 aromatic carbocycles. The third-order valence-corrected chi connectivity index (χ3v) is 7.66. The zero-order valence-corrected chi connectivity index (χ0v) is 22.7. The highest BCUT2D eigenvalue weighted by Gasteiger charge is 2.46. The normalized spacial score (nSPS) is 23.7. The van der Waals surface area contributed by atoms with Gasteiger partial charge in [0, 0.05) is 34.8 Å². The Kier molecular flexibility index (Phi) is 9.08. The minimum Gasteiger partial charge on any atom is -0.480 e. The molecule has 1 saturated heterocycles. The molecule has 206 valence electrons. The Labute approximate surface area is 229 Å². The molecule has 0 bridgehead atoms. The van der Waals surface area contributed by atoms with E-state index in [0.717, 1.165) is 0 Å². The average molecular weight is 619 g/mol. The van der Waals surface area contributed by atoms with Gasteiger partial charge in [0.05, 0.1) is 24.8 Å². The van der Waals surface area contributed by atoms with Crippen LogP contribution >= 0.6 is 27.3 Å². The van der Waals surface area contributed by atoms with E-state index in [0.29, 0.717) is 20.7 Å². The number of hydrogen-bond acceptors (Lipinski definition) is 9. The predicted octanol–water partition coefficient (Wildman–Crippen LogP) is 3.61. The molecule has 3 unspecified atom stereocenters. The third kappa shape index (κ3) is 6.54. The van der Waals surface area contributed by atoms with Gasteiger partial charge in [-0.3, -0.25) is 10.2 Å². The van der Waals surface area contributed by atoms with Crippen LogP contribution in [-0.2, 0) is 19.1 Å². The summed E-state index contributed by atoms with van der Waals surface area (Å²) in [7, 11) is 0. The molecule has 2 aliphatic rings. The first-order valence-electron chi connectivity index (χ1n) is 11.8. The Hall–Kier alpha value is -2.52. The number of ether oxygens (including phenoxy) is 2. The SMILES string of the molecule is CCOC(=O)C1=C(CN2CCC(OCC(=O)O)C(F)(F)C2)NC(c2nccs2)NC1c1ccc(F)cc1Br. The number of aliphatic carboxylic acids is 1. The van der Waals surface area contributed by atoms with Crippen molar-refractivity contribution in [3.63, 3.8) is 0 Å². The van der Waals surface area contributed by atoms with E-state index in [9.17, 15) is 22.8 Å². The zero-order valence-electron chi connectivity index (χ0n) is 20.3. The summed E-state index contributed by atoms with van der Waals surface area (Å²) < 4.78 is 54.3. The molecule has 14 heteroatoms. The molecule has 2 aromatic rings. The molecule has 9 nitrogen and oxygen atoms in total. The number of carboxylic acid groups (broad SMARTS) is 1. The van der Waals surface area contributed by atoms with E-state index in [1.54, 1.807) is 18.5 Å². The highest BCUT2D eigenvalue weighted by Crippen LogP contribution is 2.37. The van der Waals surface area contributed by atoms with Crippen molar-refractivity contribution in [2.24, 2.45) is 0 Å². The van der Waals surface area contributed by atoms with Gasteiger partial charge in [-0.05, 0) is 31.0 Å². The van der Waals surface area contributed by atoms with Crippen molar-refractivity contribution in [3.05, 3.63) is 61.9 Å². The quantitative estimate of drug-likeness (QED) is 0.363. The Morgan fingerprint density at radius 2 is 2.16 bits per heavy atom. The minimum atomic E-state index is -3.31. The number of esters is 1. The van der Waals surface area contributed by atoms with Crippen molar-refractivity contribution in [1.82, 2.24) is 20.5 Å². The standard InChI is InChI=1S/C24H26BrF3N4O5S/c1-2-36-23(35)19-16(10-32-7-5-17(24(27,28)12-32)37-11-18(33)34)30-21(22-29-6-8-38-22)31-20(19)14-4-3-13(26)9-15(14)25/h3-4,6,8-9,17,20-21,30-31H,2,5,7,10-12H2,1H3,(H,33,34). The molecule has 4 rings (SSSR count). The number of carboxylic acids is 1. The van der Waals surface area contributed by atoms with Crippen molar-refractivity contribution < 1.29 is 37.3 Å². The van der Waals surface area contributed by atoms with Crippen molar-refractivity contribution in [2.45, 2.75) is 37.6 Å². The van der Waals surface area contributed by atoms with Gasteiger partial charge in [-0.2, -0.15) is 0 Å². The molecular weight excluding hydrogens is 593 g/mol. The van der Waals surface area contributed by atoms with Crippen LogP contribution in [0.5, 0.6) is 0 Å². The summed E-state index contributed by atoms with van der Waals surface area (Å²) in [6, 6.07) is 3.32. The van der Waals surface area contributed by atoms with E-state index in [1.165, 1.54) is 34.4 Å². The number of hydrogen-bond donors (Lipinski definition) is 3. The fourth-order valence-corrected chi connectivity index (χ4v) is 5.74. The van der Waals surface area contributed by atoms with Crippen molar-refractivity contribution in [2.75, 3.05) is 32.8 Å². The number of likely N-dealkylation sites (tertiary alicyclic amines) is 1. The Morgan fingerprint density at radius 3 is 2.79 bits per heavy atom. The highest BCUT2D eigenvalue weighted by molar-refractivity contribution is 9.10. The lowest BCUT2D eigenvalue weighted by Crippen LogP contribution is -2.55. The van der Waals surface area contributed by atoms with Gasteiger partial charge in [-0.15, -0.1) is 11.3 Å². The summed E-state index contributed by atoms with van der Waals surface area (Å²) in [5, 5.41) is 17.8. The first kappa shape index (κ1) is 28.5. The summed E-state index contributed by atoms with van der Waals surface area (Å²) in [5.41, 5.74) is 1.10. The highest BCUT2D eigenvalue weighted by atomic mass is 79.9. The largest absolute Gasteiger partial charge is 0.480 e. The van der Waals surface area contributed by atoms with Crippen LogP contribution in [0.4, 0.5) is 13.2 Å². The second-order valence-electron chi connectivity index (χ2n) is 8.78. The number of alkyl halides is 2. The molecule has 0 amide bonds. The summed E-state index contributed by atoms with van der Waals surface area (Å²) in [6.45, 7) is 0.378. The second-order valence-corrected chi connectivity index (χ2v) is 10.6. The van der Waals surface area contributed by atoms with Crippen LogP contribution in [0.25, 0.3) is 0 Å². The number of benzene rings is 1. The van der Waals surface area contributed by atoms with Gasteiger partial charge in [0.25, 0.3) is 5.92 Å². The van der Waals surface area contributed by atoms with E-state index >= 15 is 0 Å². The van der Waals surface area contributed by atoms with E-state index in [2.05, 4.69) is 31.5 Å². The van der Waals surface area contributed by atoms with Crippen LogP contribution in [0.1, 0.15) is 36.1 Å². The molecule has 0 spiro atoms. The molecule has 3 N–H and O–H groups in total. The Balaban J connectivity index is 1.69. The number of rotatable bonds is 9. The molecule has 0 radical (unpaired) electrons. The van der Waals surface area contributed by atoms with Crippen molar-refractivity contribution in [3.8, 4) is 0 Å². The first-order valence-corrected chi connectivity index (χ1v) is 13.5. The molecular formula is C24H26BrF3N4O5S. The summed E-state index contributed by atoms with van der Waals surface area (Å²) >= 11 is 4.74. The molecule has 1 fully saturated rings. The first-order chi connectivity index (χ1) is 18.1. The lowest BCUT2D eigenvalue weighted by atomic mass is 9.93. The van der Waals surface area contributed by atoms with E-state index < -0.39 is 55.1 Å². The summed E-state index contributed by atoms with van der Waals surface area (Å²) in [4.78, 5) is 29.8. The molecule has 3 heterocycles. The zero-order chi connectivity index (χ0) is 27.4. The fourth-order valence-electron chi connectivity index (χ4n) is 4.52. The number of nitrogens with one attached hydrogen (secondary N) is 2. The molecule has 1 aromatic heterocycles. The van der Waals surface area contributed by atoms with E-state index in [4.69, 9.17) is 14.6 Å². The monoisotopic (exact) mass is 618 g/mol. The van der Waals surface area contributed by atoms with Gasteiger partial charge < -0.3 is 19.9 Å². The lowest BCUT2D eigenvalue weighted by Gasteiger charge is -2.41. The third-order valence-electron chi connectivity index (χ3n) is 6.14. The molecule has 0 saturated carbocycles. The fraction of sp³-hybridized carbons (Fsp3) is 0.458. The van der Waals surface area contributed by atoms with Crippen molar-refractivity contribution in [1.29, 1.82) is 0 Å². The Bertz CT molecular complexity index is 1200. The second kappa shape index (κ2) is 12.1. The molecule has 2 aliphatic heterocycles. The maximum absolute atomic E-state index is 14.9. The van der Waals surface area contributed by atoms with E-state index in [1.807, 2.05) is 0 Å². The number of piperidine rings is 1. The number of aromatic nitrogens is 1. The lowest BCUT2D eigenvalue weighted by molar-refractivity contribution is -0.181. The van der Waals surface area contributed by atoms with Crippen LogP contribution in [0.3, 0.4) is 0 Å². The minimum absolute atomic E-state index is 0.0474. The van der Waals surface area contributed by atoms with Crippen LogP contribution in [0.2, 0.25) is 0 Å². The summed E-state index contributed by atoms with van der Waals surface area (Å²) in [6.07, 6.45) is -0.565. The molecule has 38 heavy (non-hydrogen) atoms. The van der Waals surface area contributed by atoms with E-state index in [-0.39, 0.29) is 31.7 Å². The average Bonchev–Trinajstić information content (AvgIpc) is 3.38. The maximum Gasteiger partial charge on any atom is 0.337 e. The number of thiazole rings is 1.